The van der Waals surface area contributed by atoms with E-state index in [1.165, 1.54) is 24.1 Å². The molecule has 1 aliphatic rings. The average molecular weight is 319 g/mol. The highest BCUT2D eigenvalue weighted by molar-refractivity contribution is 6.36. The molecule has 0 fully saturated rings. The summed E-state index contributed by atoms with van der Waals surface area (Å²) in [6, 6.07) is 2.66. The number of nitro benzene ring substituents is 1. The summed E-state index contributed by atoms with van der Waals surface area (Å²) in [6.07, 6.45) is 1.02. The molecule has 0 saturated carbocycles. The topological polar surface area (TPSA) is 116 Å². The van der Waals surface area contributed by atoms with Crippen LogP contribution in [-0.4, -0.2) is 29.4 Å². The Morgan fingerprint density at radius 1 is 1.39 bits per heavy atom. The molecular weight excluding hydrogens is 302 g/mol. The zero-order chi connectivity index (χ0) is 17.5. The quantitative estimate of drug-likeness (QED) is 0.292. The van der Waals surface area contributed by atoms with Gasteiger partial charge in [0.15, 0.2) is 0 Å². The number of hydrogen-bond donors (Lipinski definition) is 1. The van der Waals surface area contributed by atoms with Crippen LogP contribution in [0.15, 0.2) is 18.2 Å². The van der Waals surface area contributed by atoms with Gasteiger partial charge in [0.1, 0.15) is 11.3 Å². The van der Waals surface area contributed by atoms with Crippen LogP contribution in [0.5, 0.6) is 0 Å². The Morgan fingerprint density at radius 2 is 2.00 bits per heavy atom. The summed E-state index contributed by atoms with van der Waals surface area (Å²) in [5, 5.41) is 11.0. The van der Waals surface area contributed by atoms with E-state index in [4.69, 9.17) is 10.5 Å². The number of nitrogen functional groups attached to an aromatic ring is 1. The SMILES string of the molecule is CN1C(=O)C(=CC(=O)OC(C)(C)C)c2c1ccc([N+](=O)[O-])c2N. The molecule has 2 N–H and O–H groups in total. The Bertz CT molecular complexity index is 746. The number of carbonyl (C=O) groups is 2. The maximum atomic E-state index is 12.3. The highest BCUT2D eigenvalue weighted by Gasteiger charge is 2.35. The largest absolute Gasteiger partial charge is 0.457 e. The second kappa shape index (κ2) is 5.38. The van der Waals surface area contributed by atoms with E-state index in [-0.39, 0.29) is 22.5 Å². The molecule has 122 valence electrons. The summed E-state index contributed by atoms with van der Waals surface area (Å²) in [6.45, 7) is 5.08. The monoisotopic (exact) mass is 319 g/mol. The lowest BCUT2D eigenvalue weighted by Crippen LogP contribution is -2.24. The molecule has 2 rings (SSSR count). The summed E-state index contributed by atoms with van der Waals surface area (Å²) >= 11 is 0. The molecule has 1 aromatic rings. The fourth-order valence-electron chi connectivity index (χ4n) is 2.30. The number of fused-ring (bicyclic) bond motifs is 1. The van der Waals surface area contributed by atoms with Crippen molar-refractivity contribution in [3.05, 3.63) is 33.9 Å². The molecular formula is C15H17N3O5. The summed E-state index contributed by atoms with van der Waals surface area (Å²) < 4.78 is 5.16. The molecule has 0 radical (unpaired) electrons. The lowest BCUT2D eigenvalue weighted by atomic mass is 10.0. The van der Waals surface area contributed by atoms with Gasteiger partial charge in [0.2, 0.25) is 0 Å². The van der Waals surface area contributed by atoms with Gasteiger partial charge in [-0.2, -0.15) is 0 Å². The summed E-state index contributed by atoms with van der Waals surface area (Å²) in [5.74, 6) is -1.19. The first-order chi connectivity index (χ1) is 10.5. The minimum absolute atomic E-state index is 0.0158. The van der Waals surface area contributed by atoms with Gasteiger partial charge in [-0.25, -0.2) is 4.79 Å². The van der Waals surface area contributed by atoms with Crippen LogP contribution in [0, 0.1) is 10.1 Å². The lowest BCUT2D eigenvalue weighted by molar-refractivity contribution is -0.383. The standard InChI is InChI=1S/C15H17N3O5/c1-15(2,3)23-11(19)7-8-12-9(17(4)14(8)20)5-6-10(13(12)16)18(21)22/h5-7H,16H2,1-4H3. The fourth-order valence-corrected chi connectivity index (χ4v) is 2.30. The number of nitrogens with two attached hydrogens (primary N) is 1. The third-order valence-corrected chi connectivity index (χ3v) is 3.23. The first-order valence-electron chi connectivity index (χ1n) is 6.83. The van der Waals surface area contributed by atoms with Crippen LogP contribution in [0.25, 0.3) is 5.57 Å². The minimum Gasteiger partial charge on any atom is -0.457 e. The van der Waals surface area contributed by atoms with E-state index >= 15 is 0 Å². The van der Waals surface area contributed by atoms with Gasteiger partial charge in [-0.3, -0.25) is 14.9 Å². The van der Waals surface area contributed by atoms with Crippen LogP contribution in [-0.2, 0) is 14.3 Å². The molecule has 23 heavy (non-hydrogen) atoms. The molecule has 8 nitrogen and oxygen atoms in total. The molecule has 8 heteroatoms. The van der Waals surface area contributed by atoms with Gasteiger partial charge >= 0.3 is 5.97 Å². The Hall–Kier alpha value is -2.90. The van der Waals surface area contributed by atoms with Crippen molar-refractivity contribution in [3.8, 4) is 0 Å². The molecule has 0 spiro atoms. The molecule has 0 aromatic heterocycles. The molecule has 0 bridgehead atoms. The first-order valence-corrected chi connectivity index (χ1v) is 6.83. The average Bonchev–Trinajstić information content (AvgIpc) is 2.62. The van der Waals surface area contributed by atoms with Crippen molar-refractivity contribution in [2.75, 3.05) is 17.7 Å². The van der Waals surface area contributed by atoms with Gasteiger partial charge in [0.05, 0.1) is 16.2 Å². The van der Waals surface area contributed by atoms with Crippen molar-refractivity contribution in [3.63, 3.8) is 0 Å². The number of nitro groups is 1. The minimum atomic E-state index is -0.723. The maximum absolute atomic E-state index is 12.3. The Kier molecular flexibility index (Phi) is 3.85. The third kappa shape index (κ3) is 3.01. The van der Waals surface area contributed by atoms with E-state index in [2.05, 4.69) is 0 Å². The second-order valence-corrected chi connectivity index (χ2v) is 6.11. The van der Waals surface area contributed by atoms with Gasteiger partial charge < -0.3 is 15.4 Å². The van der Waals surface area contributed by atoms with E-state index < -0.39 is 22.4 Å². The molecule has 1 heterocycles. The van der Waals surface area contributed by atoms with Crippen LogP contribution in [0.3, 0.4) is 0 Å². The van der Waals surface area contributed by atoms with Crippen LogP contribution in [0.1, 0.15) is 26.3 Å². The van der Waals surface area contributed by atoms with Crippen LogP contribution in [0.4, 0.5) is 17.1 Å². The molecule has 0 atom stereocenters. The van der Waals surface area contributed by atoms with Crippen molar-refractivity contribution in [2.24, 2.45) is 0 Å². The molecule has 1 aliphatic heterocycles. The Balaban J connectivity index is 2.57. The van der Waals surface area contributed by atoms with E-state index in [0.29, 0.717) is 5.69 Å². The number of benzene rings is 1. The maximum Gasteiger partial charge on any atom is 0.332 e. The van der Waals surface area contributed by atoms with Crippen molar-refractivity contribution < 1.29 is 19.2 Å². The van der Waals surface area contributed by atoms with E-state index in [9.17, 15) is 19.7 Å². The number of rotatable bonds is 2. The Labute approximate surface area is 132 Å². The van der Waals surface area contributed by atoms with Gasteiger partial charge in [-0.1, -0.05) is 0 Å². The highest BCUT2D eigenvalue weighted by Crippen LogP contribution is 2.43. The van der Waals surface area contributed by atoms with Crippen molar-refractivity contribution >= 4 is 34.5 Å². The molecule has 0 saturated heterocycles. The van der Waals surface area contributed by atoms with E-state index in [1.54, 1.807) is 20.8 Å². The van der Waals surface area contributed by atoms with Crippen molar-refractivity contribution in [1.82, 2.24) is 0 Å². The van der Waals surface area contributed by atoms with Gasteiger partial charge in [0, 0.05) is 24.8 Å². The number of likely N-dealkylation sites (N-methyl/N-ethyl adjacent to an activating group) is 1. The van der Waals surface area contributed by atoms with Crippen molar-refractivity contribution in [2.45, 2.75) is 26.4 Å². The van der Waals surface area contributed by atoms with Crippen molar-refractivity contribution in [1.29, 1.82) is 0 Å². The molecule has 0 aliphatic carbocycles. The summed E-state index contributed by atoms with van der Waals surface area (Å²) in [7, 11) is 1.50. The predicted octanol–water partition coefficient (Wildman–Crippen LogP) is 1.88. The Morgan fingerprint density at radius 3 is 2.52 bits per heavy atom. The number of ether oxygens (including phenoxy) is 1. The number of amides is 1. The number of hydrogen-bond acceptors (Lipinski definition) is 6. The highest BCUT2D eigenvalue weighted by atomic mass is 16.6. The number of anilines is 2. The summed E-state index contributed by atoms with van der Waals surface area (Å²) in [5.41, 5.74) is 5.22. The molecule has 0 unspecified atom stereocenters. The fraction of sp³-hybridized carbons (Fsp3) is 0.333. The van der Waals surface area contributed by atoms with Gasteiger partial charge in [0.25, 0.3) is 11.6 Å². The zero-order valence-corrected chi connectivity index (χ0v) is 13.2. The molecule has 1 aromatic carbocycles. The molecule has 1 amide bonds. The van der Waals surface area contributed by atoms with Gasteiger partial charge in [-0.05, 0) is 26.8 Å². The smallest absolute Gasteiger partial charge is 0.332 e. The summed E-state index contributed by atoms with van der Waals surface area (Å²) in [4.78, 5) is 35.9. The zero-order valence-electron chi connectivity index (χ0n) is 13.2. The number of esters is 1. The lowest BCUT2D eigenvalue weighted by Gasteiger charge is -2.18. The third-order valence-electron chi connectivity index (χ3n) is 3.23. The van der Waals surface area contributed by atoms with Crippen LogP contribution in [0.2, 0.25) is 0 Å². The number of nitrogens with zero attached hydrogens (tertiary/aromatic N) is 2. The van der Waals surface area contributed by atoms with Crippen LogP contribution < -0.4 is 10.6 Å². The van der Waals surface area contributed by atoms with Crippen LogP contribution >= 0.6 is 0 Å². The number of carbonyl (C=O) groups excluding carboxylic acids is 2. The second-order valence-electron chi connectivity index (χ2n) is 6.11. The van der Waals surface area contributed by atoms with Gasteiger partial charge in [-0.15, -0.1) is 0 Å². The normalized spacial score (nSPS) is 15.7. The van der Waals surface area contributed by atoms with E-state index in [1.807, 2.05) is 0 Å². The predicted molar refractivity (Wildman–Crippen MR) is 84.7 cm³/mol. The first kappa shape index (κ1) is 16.5. The van der Waals surface area contributed by atoms with E-state index in [0.717, 1.165) is 6.08 Å².